The summed E-state index contributed by atoms with van der Waals surface area (Å²) >= 11 is 0. The second kappa shape index (κ2) is 12.7. The quantitative estimate of drug-likeness (QED) is 0.376. The van der Waals surface area contributed by atoms with E-state index in [4.69, 9.17) is 4.74 Å². The normalized spacial score (nSPS) is 15.2. The van der Waals surface area contributed by atoms with Gasteiger partial charge in [-0.25, -0.2) is 4.79 Å². The summed E-state index contributed by atoms with van der Waals surface area (Å²) in [5, 5.41) is 6.77. The van der Waals surface area contributed by atoms with Crippen molar-refractivity contribution in [3.05, 3.63) is 30.1 Å². The molecule has 1 aliphatic rings. The molecule has 0 bridgehead atoms. The van der Waals surface area contributed by atoms with Crippen molar-refractivity contribution in [2.45, 2.75) is 39.2 Å². The number of nitrogens with zero attached hydrogens (tertiary/aromatic N) is 3. The van der Waals surface area contributed by atoms with Crippen molar-refractivity contribution in [2.24, 2.45) is 4.99 Å². The van der Waals surface area contributed by atoms with Gasteiger partial charge in [-0.1, -0.05) is 6.07 Å². The van der Waals surface area contributed by atoms with Gasteiger partial charge in [0.1, 0.15) is 0 Å². The first kappa shape index (κ1) is 22.5. The Bertz CT molecular complexity index is 548. The first-order valence-corrected chi connectivity index (χ1v) is 9.08. The van der Waals surface area contributed by atoms with Gasteiger partial charge in [0.2, 0.25) is 0 Å². The van der Waals surface area contributed by atoms with Gasteiger partial charge in [0.15, 0.2) is 5.96 Å². The number of pyridine rings is 1. The third-order valence-corrected chi connectivity index (χ3v) is 4.10. The molecule has 2 heterocycles. The Balaban J connectivity index is 0.00000338. The molecule has 2 N–H and O–H groups in total. The number of carbonyl (C=O) groups excluding carboxylic acids is 1. The van der Waals surface area contributed by atoms with Gasteiger partial charge in [0, 0.05) is 44.6 Å². The number of aliphatic imine (C=N–C) groups is 1. The summed E-state index contributed by atoms with van der Waals surface area (Å²) in [6.45, 7) is 7.27. The standard InChI is InChI=1S/C18H29N5O2.HI/c1-3-20-17(21-11-7-15-6-5-10-19-14-15)22-16-8-12-23(13-9-16)18(24)25-4-2;/h5-6,10,14,16H,3-4,7-9,11-13H2,1-2H3,(H2,20,21,22);1H. The van der Waals surface area contributed by atoms with Crippen molar-refractivity contribution < 1.29 is 9.53 Å². The minimum absolute atomic E-state index is 0. The fraction of sp³-hybridized carbons (Fsp3) is 0.611. The number of hydrogen-bond donors (Lipinski definition) is 2. The number of rotatable bonds is 6. The lowest BCUT2D eigenvalue weighted by Crippen LogP contribution is -2.50. The number of piperidine rings is 1. The first-order chi connectivity index (χ1) is 12.2. The molecule has 26 heavy (non-hydrogen) atoms. The molecular formula is C18H30IN5O2. The number of guanidine groups is 1. The summed E-state index contributed by atoms with van der Waals surface area (Å²) in [4.78, 5) is 22.3. The van der Waals surface area contributed by atoms with Crippen LogP contribution in [0.5, 0.6) is 0 Å². The second-order valence-electron chi connectivity index (χ2n) is 5.98. The maximum Gasteiger partial charge on any atom is 0.409 e. The zero-order valence-corrected chi connectivity index (χ0v) is 17.9. The minimum atomic E-state index is -0.210. The van der Waals surface area contributed by atoms with Gasteiger partial charge >= 0.3 is 6.09 Å². The van der Waals surface area contributed by atoms with Crippen molar-refractivity contribution in [1.29, 1.82) is 0 Å². The number of carbonyl (C=O) groups is 1. The molecule has 0 radical (unpaired) electrons. The van der Waals surface area contributed by atoms with E-state index in [-0.39, 0.29) is 30.1 Å². The maximum atomic E-state index is 11.7. The fourth-order valence-electron chi connectivity index (χ4n) is 2.78. The third-order valence-electron chi connectivity index (χ3n) is 4.10. The summed E-state index contributed by atoms with van der Waals surface area (Å²) in [5.74, 6) is 0.834. The Morgan fingerprint density at radius 1 is 1.38 bits per heavy atom. The van der Waals surface area contributed by atoms with Gasteiger partial charge < -0.3 is 20.3 Å². The van der Waals surface area contributed by atoms with Crippen molar-refractivity contribution in [3.63, 3.8) is 0 Å². The van der Waals surface area contributed by atoms with Crippen molar-refractivity contribution in [3.8, 4) is 0 Å². The second-order valence-corrected chi connectivity index (χ2v) is 5.98. The predicted molar refractivity (Wildman–Crippen MR) is 114 cm³/mol. The van der Waals surface area contributed by atoms with Gasteiger partial charge in [-0.15, -0.1) is 24.0 Å². The van der Waals surface area contributed by atoms with E-state index in [1.165, 1.54) is 5.56 Å². The van der Waals surface area contributed by atoms with Gasteiger partial charge in [0.05, 0.1) is 6.61 Å². The molecule has 0 saturated carbocycles. The van der Waals surface area contributed by atoms with Crippen molar-refractivity contribution in [2.75, 3.05) is 32.8 Å². The van der Waals surface area contributed by atoms with Crippen LogP contribution in [0.1, 0.15) is 32.3 Å². The number of hydrogen-bond acceptors (Lipinski definition) is 4. The Morgan fingerprint density at radius 3 is 2.77 bits per heavy atom. The molecule has 0 aromatic carbocycles. The highest BCUT2D eigenvalue weighted by atomic mass is 127. The highest BCUT2D eigenvalue weighted by Crippen LogP contribution is 2.11. The van der Waals surface area contributed by atoms with Crippen LogP contribution in [0.4, 0.5) is 4.79 Å². The first-order valence-electron chi connectivity index (χ1n) is 9.08. The number of nitrogens with one attached hydrogen (secondary N) is 2. The van der Waals surface area contributed by atoms with E-state index >= 15 is 0 Å². The average Bonchev–Trinajstić information content (AvgIpc) is 2.63. The van der Waals surface area contributed by atoms with Gasteiger partial charge in [-0.05, 0) is 44.7 Å². The van der Waals surface area contributed by atoms with Crippen molar-refractivity contribution >= 4 is 36.0 Å². The van der Waals surface area contributed by atoms with Gasteiger partial charge in [-0.3, -0.25) is 9.98 Å². The van der Waals surface area contributed by atoms with E-state index in [2.05, 4.69) is 33.6 Å². The molecule has 7 nitrogen and oxygen atoms in total. The largest absolute Gasteiger partial charge is 0.450 e. The van der Waals surface area contributed by atoms with E-state index in [1.54, 1.807) is 11.1 Å². The topological polar surface area (TPSA) is 78.9 Å². The molecule has 0 spiro atoms. The Labute approximate surface area is 173 Å². The number of likely N-dealkylation sites (tertiary alicyclic amines) is 1. The van der Waals surface area contributed by atoms with E-state index in [0.29, 0.717) is 32.3 Å². The van der Waals surface area contributed by atoms with Crippen LogP contribution in [0.2, 0.25) is 0 Å². The Morgan fingerprint density at radius 2 is 2.15 bits per heavy atom. The van der Waals surface area contributed by atoms with Crippen LogP contribution in [0.25, 0.3) is 0 Å². The zero-order valence-electron chi connectivity index (χ0n) is 15.6. The molecule has 0 unspecified atom stereocenters. The smallest absolute Gasteiger partial charge is 0.409 e. The maximum absolute atomic E-state index is 11.7. The number of aromatic nitrogens is 1. The lowest BCUT2D eigenvalue weighted by atomic mass is 10.1. The van der Waals surface area contributed by atoms with E-state index in [1.807, 2.05) is 19.2 Å². The SMILES string of the molecule is CCNC(=NCCc1cccnc1)NC1CCN(C(=O)OCC)CC1.I. The number of amides is 1. The minimum Gasteiger partial charge on any atom is -0.450 e. The molecule has 2 rings (SSSR count). The van der Waals surface area contributed by atoms with Crippen LogP contribution >= 0.6 is 24.0 Å². The van der Waals surface area contributed by atoms with Gasteiger partial charge in [0.25, 0.3) is 0 Å². The molecule has 1 saturated heterocycles. The molecule has 0 aliphatic carbocycles. The zero-order chi connectivity index (χ0) is 17.9. The monoisotopic (exact) mass is 475 g/mol. The van der Waals surface area contributed by atoms with E-state index in [9.17, 15) is 4.79 Å². The van der Waals surface area contributed by atoms with E-state index < -0.39 is 0 Å². The molecular weight excluding hydrogens is 445 g/mol. The van der Waals surface area contributed by atoms with E-state index in [0.717, 1.165) is 31.8 Å². The molecule has 1 fully saturated rings. The highest BCUT2D eigenvalue weighted by molar-refractivity contribution is 14.0. The number of halogens is 1. The summed E-state index contributed by atoms with van der Waals surface area (Å²) in [6, 6.07) is 4.33. The highest BCUT2D eigenvalue weighted by Gasteiger charge is 2.23. The third kappa shape index (κ3) is 7.76. The number of ether oxygens (including phenoxy) is 1. The van der Waals surface area contributed by atoms with Crippen LogP contribution in [0.15, 0.2) is 29.5 Å². The lowest BCUT2D eigenvalue weighted by molar-refractivity contribution is 0.0963. The van der Waals surface area contributed by atoms with Crippen LogP contribution in [0, 0.1) is 0 Å². The Hall–Kier alpha value is -1.58. The average molecular weight is 475 g/mol. The summed E-state index contributed by atoms with van der Waals surface area (Å²) < 4.78 is 5.06. The summed E-state index contributed by atoms with van der Waals surface area (Å²) in [7, 11) is 0. The molecule has 1 aliphatic heterocycles. The molecule has 8 heteroatoms. The van der Waals surface area contributed by atoms with Gasteiger partial charge in [-0.2, -0.15) is 0 Å². The molecule has 0 atom stereocenters. The lowest BCUT2D eigenvalue weighted by Gasteiger charge is -2.32. The van der Waals surface area contributed by atoms with Crippen molar-refractivity contribution in [1.82, 2.24) is 20.5 Å². The van der Waals surface area contributed by atoms with Crippen LogP contribution in [-0.2, 0) is 11.2 Å². The van der Waals surface area contributed by atoms with Crippen LogP contribution < -0.4 is 10.6 Å². The summed E-state index contributed by atoms with van der Waals surface area (Å²) in [6.07, 6.45) is 6.10. The predicted octanol–water partition coefficient (Wildman–Crippen LogP) is 2.42. The molecule has 1 amide bonds. The fourth-order valence-corrected chi connectivity index (χ4v) is 2.78. The Kier molecular flexibility index (Phi) is 11.0. The molecule has 146 valence electrons. The van der Waals surface area contributed by atoms with Crippen LogP contribution in [0.3, 0.4) is 0 Å². The molecule has 1 aromatic heterocycles. The summed E-state index contributed by atoms with van der Waals surface area (Å²) in [5.41, 5.74) is 1.19. The van der Waals surface area contributed by atoms with Crippen LogP contribution in [-0.4, -0.2) is 60.8 Å². The molecule has 1 aromatic rings.